The molecule has 0 fully saturated rings. The van der Waals surface area contributed by atoms with E-state index in [0.29, 0.717) is 5.39 Å². The zero-order valence-electron chi connectivity index (χ0n) is 15.2. The van der Waals surface area contributed by atoms with Gasteiger partial charge in [-0.2, -0.15) is 0 Å². The lowest BCUT2D eigenvalue weighted by Crippen LogP contribution is -2.22. The molecule has 0 aliphatic heterocycles. The van der Waals surface area contributed by atoms with Gasteiger partial charge in [-0.3, -0.25) is 9.36 Å². The molecule has 0 saturated heterocycles. The number of nitrogens with zero attached hydrogens (tertiary/aromatic N) is 2. The van der Waals surface area contributed by atoms with Crippen LogP contribution in [-0.4, -0.2) is 9.55 Å². The largest absolute Gasteiger partial charge is 0.281 e. The average Bonchev–Trinajstić information content (AvgIpc) is 3.11. The van der Waals surface area contributed by atoms with Crippen molar-refractivity contribution < 1.29 is 0 Å². The van der Waals surface area contributed by atoms with Crippen molar-refractivity contribution in [2.75, 3.05) is 0 Å². The highest BCUT2D eigenvalue weighted by Crippen LogP contribution is 2.20. The van der Waals surface area contributed by atoms with E-state index >= 15 is 0 Å². The molecule has 0 N–H and O–H groups in total. The van der Waals surface area contributed by atoms with Crippen molar-refractivity contribution in [3.8, 4) is 17.5 Å². The van der Waals surface area contributed by atoms with Crippen molar-refractivity contribution in [1.82, 2.24) is 9.55 Å². The van der Waals surface area contributed by atoms with E-state index in [2.05, 4.69) is 29.8 Å². The van der Waals surface area contributed by atoms with Gasteiger partial charge in [0.05, 0.1) is 10.9 Å². The van der Waals surface area contributed by atoms with E-state index in [1.54, 1.807) is 21.4 Å². The minimum absolute atomic E-state index is 0.0320. The number of benzene rings is 2. The molecule has 4 rings (SSSR count). The van der Waals surface area contributed by atoms with E-state index in [9.17, 15) is 4.79 Å². The quantitative estimate of drug-likeness (QED) is 0.479. The molecular weight excluding hydrogens is 352 g/mol. The van der Waals surface area contributed by atoms with Gasteiger partial charge in [-0.15, -0.1) is 11.3 Å². The van der Waals surface area contributed by atoms with Gasteiger partial charge in [0.1, 0.15) is 5.69 Å². The highest BCUT2D eigenvalue weighted by Gasteiger charge is 2.12. The molecule has 2 aromatic heterocycles. The molecule has 0 radical (unpaired) electrons. The fraction of sp³-hybridized carbons (Fsp3) is 0.130. The summed E-state index contributed by atoms with van der Waals surface area (Å²) in [7, 11) is 0. The molecule has 0 saturated carbocycles. The van der Waals surface area contributed by atoms with Gasteiger partial charge in [-0.25, -0.2) is 4.98 Å². The summed E-state index contributed by atoms with van der Waals surface area (Å²) in [6.07, 6.45) is 0.772. The second-order valence-corrected chi connectivity index (χ2v) is 7.30. The van der Waals surface area contributed by atoms with Crippen molar-refractivity contribution in [1.29, 1.82) is 0 Å². The third kappa shape index (κ3) is 3.18. The van der Waals surface area contributed by atoms with Crippen molar-refractivity contribution in [2.24, 2.45) is 0 Å². The van der Waals surface area contributed by atoms with E-state index in [1.807, 2.05) is 55.5 Å². The van der Waals surface area contributed by atoms with Gasteiger partial charge in [0.2, 0.25) is 0 Å². The first kappa shape index (κ1) is 17.3. The van der Waals surface area contributed by atoms with Gasteiger partial charge in [0.25, 0.3) is 5.56 Å². The standard InChI is InChI=1S/C23H18N2OS/c1-3-19-14-18-9-7-8-17(12-13-21-16(2)27-15-24-21)22(18)23(26)25(19)20-10-5-4-6-11-20/h4-11,14-15H,3H2,1-2H3. The maximum absolute atomic E-state index is 13.4. The molecule has 3 nitrogen and oxygen atoms in total. The van der Waals surface area contributed by atoms with Crippen LogP contribution in [0.4, 0.5) is 0 Å². The maximum Gasteiger partial charge on any atom is 0.264 e. The Bertz CT molecular complexity index is 1240. The van der Waals surface area contributed by atoms with Crippen LogP contribution >= 0.6 is 11.3 Å². The number of hydrogen-bond donors (Lipinski definition) is 0. The monoisotopic (exact) mass is 370 g/mol. The molecule has 0 amide bonds. The van der Waals surface area contributed by atoms with Gasteiger partial charge in [0, 0.05) is 21.8 Å². The molecule has 27 heavy (non-hydrogen) atoms. The Labute approximate surface area is 162 Å². The zero-order chi connectivity index (χ0) is 18.8. The minimum atomic E-state index is -0.0320. The van der Waals surface area contributed by atoms with Crippen LogP contribution in [0, 0.1) is 18.8 Å². The first-order valence-electron chi connectivity index (χ1n) is 8.84. The number of hydrogen-bond acceptors (Lipinski definition) is 3. The summed E-state index contributed by atoms with van der Waals surface area (Å²) < 4.78 is 1.79. The second-order valence-electron chi connectivity index (χ2n) is 6.24. The van der Waals surface area contributed by atoms with Gasteiger partial charge in [0.15, 0.2) is 0 Å². The van der Waals surface area contributed by atoms with Crippen molar-refractivity contribution >= 4 is 22.1 Å². The topological polar surface area (TPSA) is 34.9 Å². The summed E-state index contributed by atoms with van der Waals surface area (Å²) >= 11 is 1.57. The first-order chi connectivity index (χ1) is 13.2. The van der Waals surface area contributed by atoms with Crippen LogP contribution in [0.25, 0.3) is 16.5 Å². The van der Waals surface area contributed by atoms with E-state index in [1.165, 1.54) is 0 Å². The Morgan fingerprint density at radius 2 is 1.89 bits per heavy atom. The first-order valence-corrected chi connectivity index (χ1v) is 9.72. The predicted molar refractivity (Wildman–Crippen MR) is 112 cm³/mol. The summed E-state index contributed by atoms with van der Waals surface area (Å²) in [4.78, 5) is 18.8. The van der Waals surface area contributed by atoms with Gasteiger partial charge < -0.3 is 0 Å². The summed E-state index contributed by atoms with van der Waals surface area (Å²) in [5.74, 6) is 6.29. The third-order valence-corrected chi connectivity index (χ3v) is 5.32. The molecule has 4 aromatic rings. The highest BCUT2D eigenvalue weighted by molar-refractivity contribution is 7.09. The van der Waals surface area contributed by atoms with Crippen LogP contribution in [-0.2, 0) is 6.42 Å². The molecule has 2 heterocycles. The Balaban J connectivity index is 1.99. The van der Waals surface area contributed by atoms with E-state index in [0.717, 1.165) is 39.3 Å². The van der Waals surface area contributed by atoms with Crippen LogP contribution in [0.15, 0.2) is 64.9 Å². The molecule has 0 atom stereocenters. The molecule has 132 valence electrons. The van der Waals surface area contributed by atoms with Gasteiger partial charge in [-0.05, 0) is 48.9 Å². The van der Waals surface area contributed by atoms with Gasteiger partial charge >= 0.3 is 0 Å². The van der Waals surface area contributed by atoms with Crippen LogP contribution in [0.1, 0.15) is 28.8 Å². The summed E-state index contributed by atoms with van der Waals surface area (Å²) in [6, 6.07) is 17.7. The number of thiazole rings is 1. The van der Waals surface area contributed by atoms with E-state index < -0.39 is 0 Å². The minimum Gasteiger partial charge on any atom is -0.281 e. The molecule has 0 aliphatic carbocycles. The Morgan fingerprint density at radius 1 is 1.07 bits per heavy atom. The van der Waals surface area contributed by atoms with Crippen molar-refractivity contribution in [2.45, 2.75) is 20.3 Å². The van der Waals surface area contributed by atoms with Crippen molar-refractivity contribution in [3.05, 3.63) is 92.3 Å². The van der Waals surface area contributed by atoms with Crippen LogP contribution < -0.4 is 5.56 Å². The van der Waals surface area contributed by atoms with Crippen LogP contribution in [0.2, 0.25) is 0 Å². The lowest BCUT2D eigenvalue weighted by atomic mass is 10.0. The van der Waals surface area contributed by atoms with Crippen LogP contribution in [0.3, 0.4) is 0 Å². The normalized spacial score (nSPS) is 10.6. The van der Waals surface area contributed by atoms with E-state index in [-0.39, 0.29) is 5.56 Å². The molecule has 2 aromatic carbocycles. The number of fused-ring (bicyclic) bond motifs is 1. The fourth-order valence-electron chi connectivity index (χ4n) is 3.19. The number of para-hydroxylation sites is 1. The molecule has 0 bridgehead atoms. The smallest absolute Gasteiger partial charge is 0.264 e. The van der Waals surface area contributed by atoms with Crippen LogP contribution in [0.5, 0.6) is 0 Å². The number of rotatable bonds is 2. The second kappa shape index (κ2) is 7.22. The maximum atomic E-state index is 13.4. The number of aromatic nitrogens is 2. The lowest BCUT2D eigenvalue weighted by Gasteiger charge is -2.14. The molecule has 0 spiro atoms. The predicted octanol–water partition coefficient (Wildman–Crippen LogP) is 4.72. The molecule has 4 heteroatoms. The zero-order valence-corrected chi connectivity index (χ0v) is 16.0. The average molecular weight is 370 g/mol. The molecule has 0 aliphatic rings. The van der Waals surface area contributed by atoms with Gasteiger partial charge in [-0.1, -0.05) is 43.2 Å². The summed E-state index contributed by atoms with van der Waals surface area (Å²) in [6.45, 7) is 4.06. The number of aryl methyl sites for hydroxylation is 2. The molecule has 0 unspecified atom stereocenters. The SMILES string of the molecule is CCc1cc2cccc(C#Cc3ncsc3C)c2c(=O)n1-c1ccccc1. The lowest BCUT2D eigenvalue weighted by molar-refractivity contribution is 0.889. The fourth-order valence-corrected chi connectivity index (χ4v) is 3.72. The number of pyridine rings is 1. The summed E-state index contributed by atoms with van der Waals surface area (Å²) in [5, 5.41) is 1.57. The highest BCUT2D eigenvalue weighted by atomic mass is 32.1. The third-order valence-electron chi connectivity index (χ3n) is 4.56. The Kier molecular flexibility index (Phi) is 4.62. The Morgan fingerprint density at radius 3 is 2.59 bits per heavy atom. The van der Waals surface area contributed by atoms with Crippen molar-refractivity contribution in [3.63, 3.8) is 0 Å². The van der Waals surface area contributed by atoms with E-state index in [4.69, 9.17) is 0 Å². The summed E-state index contributed by atoms with van der Waals surface area (Å²) in [5.41, 5.74) is 5.12. The Hall–Kier alpha value is -3.16. The molecular formula is C23H18N2OS.